The van der Waals surface area contributed by atoms with E-state index in [1.165, 1.54) is 6.33 Å². The minimum atomic E-state index is 0.0178. The first-order chi connectivity index (χ1) is 13.2. The van der Waals surface area contributed by atoms with Crippen LogP contribution in [0.4, 0.5) is 5.82 Å². The van der Waals surface area contributed by atoms with Crippen LogP contribution in [0.3, 0.4) is 0 Å². The fourth-order valence-electron chi connectivity index (χ4n) is 2.62. The Morgan fingerprint density at radius 2 is 2.04 bits per heavy atom. The number of ether oxygens (including phenoxy) is 1. The highest BCUT2D eigenvalue weighted by Crippen LogP contribution is 2.30. The first-order valence-corrected chi connectivity index (χ1v) is 9.21. The molecule has 0 aliphatic heterocycles. The van der Waals surface area contributed by atoms with Gasteiger partial charge in [-0.3, -0.25) is 0 Å². The molecule has 0 amide bonds. The van der Waals surface area contributed by atoms with Crippen molar-refractivity contribution < 1.29 is 9.26 Å². The molecular formula is C19H17N5O2S. The lowest BCUT2D eigenvalue weighted by Crippen LogP contribution is -2.09. The molecule has 1 N–H and O–H groups in total. The summed E-state index contributed by atoms with van der Waals surface area (Å²) in [6.45, 7) is 2.05. The van der Waals surface area contributed by atoms with Crippen molar-refractivity contribution in [2.24, 2.45) is 0 Å². The van der Waals surface area contributed by atoms with Crippen molar-refractivity contribution in [3.05, 3.63) is 59.9 Å². The van der Waals surface area contributed by atoms with Crippen molar-refractivity contribution in [1.29, 1.82) is 0 Å². The summed E-state index contributed by atoms with van der Waals surface area (Å²) in [5.74, 6) is 2.39. The van der Waals surface area contributed by atoms with Crippen molar-refractivity contribution in [3.8, 4) is 27.9 Å². The zero-order valence-corrected chi connectivity index (χ0v) is 15.6. The number of hydrogen-bond donors (Lipinski definition) is 1. The number of nitrogens with one attached hydrogen (secondary N) is 1. The molecule has 3 heterocycles. The molecule has 0 fully saturated rings. The molecule has 0 aliphatic rings. The quantitative estimate of drug-likeness (QED) is 0.530. The third-order valence-electron chi connectivity index (χ3n) is 4.08. The van der Waals surface area contributed by atoms with Gasteiger partial charge in [-0.1, -0.05) is 23.4 Å². The fraction of sp³-hybridized carbons (Fsp3) is 0.158. The summed E-state index contributed by atoms with van der Waals surface area (Å²) < 4.78 is 10.7. The van der Waals surface area contributed by atoms with E-state index >= 15 is 0 Å². The highest BCUT2D eigenvalue weighted by atomic mass is 32.1. The number of rotatable bonds is 6. The zero-order chi connectivity index (χ0) is 18.6. The Labute approximate surface area is 160 Å². The second-order valence-corrected chi connectivity index (χ2v) is 6.77. The topological polar surface area (TPSA) is 86.0 Å². The summed E-state index contributed by atoms with van der Waals surface area (Å²) in [7, 11) is 1.65. The molecule has 4 aromatic rings. The maximum atomic E-state index is 5.44. The molecule has 1 aromatic carbocycles. The standard InChI is InChI=1S/C19H17N5O2S/c1-12(13-5-7-14(25-2)8-6-13)22-17-15(10-20-11-21-17)19-23-18(24-26-19)16-4-3-9-27-16/h3-12H,1-2H3,(H,20,21,22)/t12-/m1/s1. The van der Waals surface area contributed by atoms with E-state index in [2.05, 4.69) is 32.3 Å². The largest absolute Gasteiger partial charge is 0.497 e. The Kier molecular flexibility index (Phi) is 4.80. The summed E-state index contributed by atoms with van der Waals surface area (Å²) >= 11 is 1.56. The average Bonchev–Trinajstić information content (AvgIpc) is 3.40. The van der Waals surface area contributed by atoms with E-state index < -0.39 is 0 Å². The van der Waals surface area contributed by atoms with Crippen molar-refractivity contribution in [1.82, 2.24) is 20.1 Å². The first kappa shape index (κ1) is 17.2. The predicted octanol–water partition coefficient (Wildman–Crippen LogP) is 4.44. The predicted molar refractivity (Wildman–Crippen MR) is 104 cm³/mol. The molecule has 1 atom stereocenters. The van der Waals surface area contributed by atoms with E-state index in [0.29, 0.717) is 23.1 Å². The van der Waals surface area contributed by atoms with E-state index in [1.807, 2.05) is 41.8 Å². The number of benzene rings is 1. The molecule has 0 saturated heterocycles. The van der Waals surface area contributed by atoms with Crippen molar-refractivity contribution in [3.63, 3.8) is 0 Å². The maximum absolute atomic E-state index is 5.44. The minimum absolute atomic E-state index is 0.0178. The van der Waals surface area contributed by atoms with Crippen LogP contribution in [0.1, 0.15) is 18.5 Å². The van der Waals surface area contributed by atoms with Gasteiger partial charge in [0.1, 0.15) is 23.5 Å². The smallest absolute Gasteiger partial charge is 0.263 e. The Morgan fingerprint density at radius 3 is 2.78 bits per heavy atom. The van der Waals surface area contributed by atoms with Crippen LogP contribution in [0.15, 0.2) is 58.8 Å². The van der Waals surface area contributed by atoms with Crippen LogP contribution in [0.25, 0.3) is 22.2 Å². The van der Waals surface area contributed by atoms with Crippen LogP contribution in [0.5, 0.6) is 5.75 Å². The van der Waals surface area contributed by atoms with Crippen molar-refractivity contribution in [2.45, 2.75) is 13.0 Å². The van der Waals surface area contributed by atoms with E-state index in [1.54, 1.807) is 24.6 Å². The third kappa shape index (κ3) is 3.65. The highest BCUT2D eigenvalue weighted by Gasteiger charge is 2.17. The average molecular weight is 379 g/mol. The minimum Gasteiger partial charge on any atom is -0.497 e. The number of nitrogens with zero attached hydrogens (tertiary/aromatic N) is 4. The SMILES string of the molecule is COc1ccc([C@@H](C)Nc2ncncc2-c2nc(-c3cccs3)no2)cc1. The number of methoxy groups -OCH3 is 1. The molecule has 0 radical (unpaired) electrons. The molecule has 7 nitrogen and oxygen atoms in total. The third-order valence-corrected chi connectivity index (χ3v) is 4.95. The molecule has 0 aliphatic carbocycles. The number of anilines is 1. The fourth-order valence-corrected chi connectivity index (χ4v) is 3.27. The lowest BCUT2D eigenvalue weighted by atomic mass is 10.1. The Bertz CT molecular complexity index is 1010. The highest BCUT2D eigenvalue weighted by molar-refractivity contribution is 7.13. The molecular weight excluding hydrogens is 362 g/mol. The first-order valence-electron chi connectivity index (χ1n) is 8.33. The number of thiophene rings is 1. The van der Waals surface area contributed by atoms with Gasteiger partial charge in [-0.15, -0.1) is 11.3 Å². The van der Waals surface area contributed by atoms with E-state index in [9.17, 15) is 0 Å². The summed E-state index contributed by atoms with van der Waals surface area (Å²) in [6, 6.07) is 11.8. The molecule has 0 bridgehead atoms. The normalized spacial score (nSPS) is 11.9. The molecule has 3 aromatic heterocycles. The van der Waals surface area contributed by atoms with Gasteiger partial charge in [-0.05, 0) is 36.1 Å². The molecule has 136 valence electrons. The van der Waals surface area contributed by atoms with Gasteiger partial charge in [-0.2, -0.15) is 4.98 Å². The van der Waals surface area contributed by atoms with E-state index in [0.717, 1.165) is 16.2 Å². The van der Waals surface area contributed by atoms with Crippen LogP contribution in [-0.4, -0.2) is 27.2 Å². The lowest BCUT2D eigenvalue weighted by Gasteiger charge is -2.16. The van der Waals surface area contributed by atoms with Crippen LogP contribution in [-0.2, 0) is 0 Å². The maximum Gasteiger partial charge on any atom is 0.263 e. The monoisotopic (exact) mass is 379 g/mol. The van der Waals surface area contributed by atoms with E-state index in [4.69, 9.17) is 9.26 Å². The van der Waals surface area contributed by atoms with Crippen LogP contribution < -0.4 is 10.1 Å². The van der Waals surface area contributed by atoms with Gasteiger partial charge >= 0.3 is 0 Å². The Hall–Kier alpha value is -3.26. The molecule has 0 unspecified atom stereocenters. The van der Waals surface area contributed by atoms with Gasteiger partial charge in [-0.25, -0.2) is 9.97 Å². The van der Waals surface area contributed by atoms with Gasteiger partial charge in [0.25, 0.3) is 5.89 Å². The van der Waals surface area contributed by atoms with Crippen molar-refractivity contribution >= 4 is 17.2 Å². The van der Waals surface area contributed by atoms with Crippen LogP contribution in [0, 0.1) is 0 Å². The summed E-state index contributed by atoms with van der Waals surface area (Å²) in [6.07, 6.45) is 3.16. The molecule has 8 heteroatoms. The second-order valence-electron chi connectivity index (χ2n) is 5.82. The van der Waals surface area contributed by atoms with Crippen molar-refractivity contribution in [2.75, 3.05) is 12.4 Å². The number of hydrogen-bond acceptors (Lipinski definition) is 8. The Balaban J connectivity index is 1.59. The summed E-state index contributed by atoms with van der Waals surface area (Å²) in [5.41, 5.74) is 1.76. The van der Waals surface area contributed by atoms with Gasteiger partial charge in [0.05, 0.1) is 12.0 Å². The van der Waals surface area contributed by atoms with Gasteiger partial charge < -0.3 is 14.6 Å². The van der Waals surface area contributed by atoms with Gasteiger partial charge in [0.2, 0.25) is 5.82 Å². The zero-order valence-electron chi connectivity index (χ0n) is 14.8. The number of aromatic nitrogens is 4. The summed E-state index contributed by atoms with van der Waals surface area (Å²) in [4.78, 5) is 13.9. The summed E-state index contributed by atoms with van der Waals surface area (Å²) in [5, 5.41) is 9.42. The Morgan fingerprint density at radius 1 is 1.19 bits per heavy atom. The van der Waals surface area contributed by atoms with Crippen LogP contribution >= 0.6 is 11.3 Å². The lowest BCUT2D eigenvalue weighted by molar-refractivity contribution is 0.414. The molecule has 0 spiro atoms. The van der Waals surface area contributed by atoms with Gasteiger partial charge in [0, 0.05) is 12.2 Å². The molecule has 27 heavy (non-hydrogen) atoms. The van der Waals surface area contributed by atoms with Gasteiger partial charge in [0.15, 0.2) is 0 Å². The van der Waals surface area contributed by atoms with E-state index in [-0.39, 0.29) is 6.04 Å². The second kappa shape index (κ2) is 7.55. The molecule has 4 rings (SSSR count). The van der Waals surface area contributed by atoms with Crippen LogP contribution in [0.2, 0.25) is 0 Å². The molecule has 0 saturated carbocycles.